The molecular weight excluding hydrogens is 281 g/mol. The number of ketones is 1. The van der Waals surface area contributed by atoms with Gasteiger partial charge in [-0.1, -0.05) is 6.07 Å². The number of carbonyl (C=O) groups excluding carboxylic acids is 2. The summed E-state index contributed by atoms with van der Waals surface area (Å²) in [5.74, 6) is -3.51. The summed E-state index contributed by atoms with van der Waals surface area (Å²) in [5, 5.41) is 10.8. The van der Waals surface area contributed by atoms with Gasteiger partial charge in [0.05, 0.1) is 0 Å². The molecule has 0 aliphatic heterocycles. The van der Waals surface area contributed by atoms with Crippen LogP contribution in [0.3, 0.4) is 0 Å². The number of halogens is 1. The first-order valence-electron chi connectivity index (χ1n) is 6.13. The molecule has 0 fully saturated rings. The fourth-order valence-corrected chi connectivity index (χ4v) is 1.44. The summed E-state index contributed by atoms with van der Waals surface area (Å²) < 4.78 is 18.7. The van der Waals surface area contributed by atoms with Crippen molar-refractivity contribution in [3.63, 3.8) is 0 Å². The van der Waals surface area contributed by atoms with Crippen molar-refractivity contribution in [3.05, 3.63) is 29.6 Å². The van der Waals surface area contributed by atoms with Crippen molar-refractivity contribution in [1.29, 1.82) is 0 Å². The number of anilines is 1. The maximum Gasteiger partial charge on any atom is 0.412 e. The van der Waals surface area contributed by atoms with E-state index in [1.54, 1.807) is 20.8 Å². The van der Waals surface area contributed by atoms with E-state index >= 15 is 0 Å². The van der Waals surface area contributed by atoms with Crippen LogP contribution in [0.2, 0.25) is 0 Å². The topological polar surface area (TPSA) is 92.7 Å². The maximum absolute atomic E-state index is 13.7. The zero-order valence-corrected chi connectivity index (χ0v) is 11.9. The van der Waals surface area contributed by atoms with Gasteiger partial charge >= 0.3 is 12.1 Å². The first kappa shape index (κ1) is 16.6. The van der Waals surface area contributed by atoms with Crippen LogP contribution < -0.4 is 5.32 Å². The monoisotopic (exact) mass is 297 g/mol. The summed E-state index contributed by atoms with van der Waals surface area (Å²) in [7, 11) is 0. The standard InChI is InChI=1S/C14H16FNO5/c1-14(2,3)21-13(20)16-9-5-4-8(10(15)7-9)6-11(17)12(18)19/h4-5,7H,6H2,1-3H3,(H,16,20)(H,18,19). The summed E-state index contributed by atoms with van der Waals surface area (Å²) in [6.07, 6.45) is -1.29. The van der Waals surface area contributed by atoms with E-state index in [4.69, 9.17) is 9.84 Å². The number of carboxylic acid groups (broad SMARTS) is 1. The maximum atomic E-state index is 13.7. The SMILES string of the molecule is CC(C)(C)OC(=O)Nc1ccc(CC(=O)C(=O)O)c(F)c1. The molecule has 7 heteroatoms. The molecule has 0 bridgehead atoms. The van der Waals surface area contributed by atoms with Crippen LogP contribution in [0.1, 0.15) is 26.3 Å². The van der Waals surface area contributed by atoms with E-state index in [0.717, 1.165) is 6.07 Å². The number of hydrogen-bond donors (Lipinski definition) is 2. The number of aliphatic carboxylic acids is 1. The van der Waals surface area contributed by atoms with E-state index < -0.39 is 35.7 Å². The van der Waals surface area contributed by atoms with Crippen molar-refractivity contribution in [3.8, 4) is 0 Å². The lowest BCUT2D eigenvalue weighted by atomic mass is 10.1. The summed E-state index contributed by atoms with van der Waals surface area (Å²) in [5.41, 5.74) is -0.596. The van der Waals surface area contributed by atoms with Crippen molar-refractivity contribution in [2.75, 3.05) is 5.32 Å². The highest BCUT2D eigenvalue weighted by Crippen LogP contribution is 2.17. The van der Waals surface area contributed by atoms with Crippen LogP contribution in [0.4, 0.5) is 14.9 Å². The number of carboxylic acids is 1. The molecule has 0 radical (unpaired) electrons. The molecule has 1 rings (SSSR count). The molecular formula is C14H16FNO5. The number of Topliss-reactive ketones (excluding diaryl/α,β-unsaturated/α-hetero) is 1. The van der Waals surface area contributed by atoms with Gasteiger partial charge in [0.15, 0.2) is 0 Å². The number of nitrogens with one attached hydrogen (secondary N) is 1. The molecule has 0 aromatic heterocycles. The van der Waals surface area contributed by atoms with Crippen LogP contribution in [-0.4, -0.2) is 28.6 Å². The number of carbonyl (C=O) groups is 3. The Labute approximate surface area is 120 Å². The van der Waals surface area contributed by atoms with Gasteiger partial charge in [0.2, 0.25) is 5.78 Å². The third-order valence-electron chi connectivity index (χ3n) is 2.29. The predicted octanol–water partition coefficient (Wildman–Crippen LogP) is 2.37. The minimum absolute atomic E-state index is 0.0582. The highest BCUT2D eigenvalue weighted by atomic mass is 19.1. The van der Waals surface area contributed by atoms with Gasteiger partial charge in [-0.3, -0.25) is 10.1 Å². The van der Waals surface area contributed by atoms with Crippen LogP contribution >= 0.6 is 0 Å². The third kappa shape index (κ3) is 5.60. The summed E-state index contributed by atoms with van der Waals surface area (Å²) in [4.78, 5) is 32.9. The molecule has 0 atom stereocenters. The molecule has 0 saturated carbocycles. The average Bonchev–Trinajstić information content (AvgIpc) is 2.29. The zero-order valence-electron chi connectivity index (χ0n) is 11.9. The van der Waals surface area contributed by atoms with Gasteiger partial charge in [-0.15, -0.1) is 0 Å². The van der Waals surface area contributed by atoms with Crippen LogP contribution in [0.15, 0.2) is 18.2 Å². The van der Waals surface area contributed by atoms with Gasteiger partial charge in [0.1, 0.15) is 11.4 Å². The number of hydrogen-bond acceptors (Lipinski definition) is 4. The molecule has 0 saturated heterocycles. The number of ether oxygens (including phenoxy) is 1. The van der Waals surface area contributed by atoms with Gasteiger partial charge in [0, 0.05) is 12.1 Å². The second-order valence-electron chi connectivity index (χ2n) is 5.34. The van der Waals surface area contributed by atoms with Gasteiger partial charge in [-0.05, 0) is 38.5 Å². The Hall–Kier alpha value is -2.44. The van der Waals surface area contributed by atoms with Crippen molar-refractivity contribution in [2.45, 2.75) is 32.8 Å². The highest BCUT2D eigenvalue weighted by molar-refractivity contribution is 6.33. The van der Waals surface area contributed by atoms with Gasteiger partial charge in [0.25, 0.3) is 0 Å². The lowest BCUT2D eigenvalue weighted by Crippen LogP contribution is -2.27. The Morgan fingerprint density at radius 3 is 2.38 bits per heavy atom. The van der Waals surface area contributed by atoms with Gasteiger partial charge in [-0.2, -0.15) is 0 Å². The minimum atomic E-state index is -1.62. The molecule has 0 aliphatic carbocycles. The molecule has 114 valence electrons. The molecule has 0 aliphatic rings. The second kappa shape index (κ2) is 6.34. The molecule has 1 amide bonds. The molecule has 2 N–H and O–H groups in total. The Morgan fingerprint density at radius 2 is 1.90 bits per heavy atom. The lowest BCUT2D eigenvalue weighted by molar-refractivity contribution is -0.148. The smallest absolute Gasteiger partial charge is 0.412 e. The Morgan fingerprint density at radius 1 is 1.29 bits per heavy atom. The normalized spacial score (nSPS) is 10.9. The molecule has 0 spiro atoms. The number of rotatable bonds is 4. The number of amides is 1. The molecule has 21 heavy (non-hydrogen) atoms. The van der Waals surface area contributed by atoms with Gasteiger partial charge in [-0.25, -0.2) is 14.0 Å². The summed E-state index contributed by atoms with van der Waals surface area (Å²) in [6.45, 7) is 5.06. The van der Waals surface area contributed by atoms with Crippen LogP contribution in [0.25, 0.3) is 0 Å². The predicted molar refractivity (Wildman–Crippen MR) is 72.6 cm³/mol. The van der Waals surface area contributed by atoms with Crippen LogP contribution in [0.5, 0.6) is 0 Å². The Bertz CT molecular complexity index is 577. The zero-order chi connectivity index (χ0) is 16.2. The summed E-state index contributed by atoms with van der Waals surface area (Å²) >= 11 is 0. The van der Waals surface area contributed by atoms with Gasteiger partial charge < -0.3 is 9.84 Å². The summed E-state index contributed by atoms with van der Waals surface area (Å²) in [6, 6.07) is 3.59. The Balaban J connectivity index is 2.76. The average molecular weight is 297 g/mol. The molecule has 1 aromatic rings. The van der Waals surface area contributed by atoms with Crippen molar-refractivity contribution >= 4 is 23.5 Å². The van der Waals surface area contributed by atoms with E-state index in [0.29, 0.717) is 0 Å². The Kier molecular flexibility index (Phi) is 5.02. The van der Waals surface area contributed by atoms with E-state index in [9.17, 15) is 18.8 Å². The van der Waals surface area contributed by atoms with E-state index in [1.807, 2.05) is 0 Å². The fraction of sp³-hybridized carbons (Fsp3) is 0.357. The number of benzene rings is 1. The third-order valence-corrected chi connectivity index (χ3v) is 2.29. The molecule has 0 heterocycles. The largest absolute Gasteiger partial charge is 0.475 e. The first-order valence-corrected chi connectivity index (χ1v) is 6.13. The molecule has 6 nitrogen and oxygen atoms in total. The first-order chi connectivity index (χ1) is 9.58. The van der Waals surface area contributed by atoms with Crippen molar-refractivity contribution in [2.24, 2.45) is 0 Å². The minimum Gasteiger partial charge on any atom is -0.475 e. The van der Waals surface area contributed by atoms with Crippen molar-refractivity contribution in [1.82, 2.24) is 0 Å². The van der Waals surface area contributed by atoms with E-state index in [2.05, 4.69) is 5.32 Å². The quantitative estimate of drug-likeness (QED) is 0.832. The van der Waals surface area contributed by atoms with Crippen LogP contribution in [0, 0.1) is 5.82 Å². The van der Waals surface area contributed by atoms with E-state index in [1.165, 1.54) is 12.1 Å². The lowest BCUT2D eigenvalue weighted by Gasteiger charge is -2.19. The van der Waals surface area contributed by atoms with E-state index in [-0.39, 0.29) is 11.3 Å². The van der Waals surface area contributed by atoms with Crippen molar-refractivity contribution < 1.29 is 28.6 Å². The molecule has 1 aromatic carbocycles. The van der Waals surface area contributed by atoms with Crippen LogP contribution in [-0.2, 0) is 20.7 Å². The molecule has 0 unspecified atom stereocenters. The second-order valence-corrected chi connectivity index (χ2v) is 5.34. The highest BCUT2D eigenvalue weighted by Gasteiger charge is 2.18. The fourth-order valence-electron chi connectivity index (χ4n) is 1.44.